The number of ether oxygens (including phenoxy) is 1. The van der Waals surface area contributed by atoms with Crippen molar-refractivity contribution in [2.75, 3.05) is 0 Å². The van der Waals surface area contributed by atoms with E-state index in [2.05, 4.69) is 9.97 Å². The largest absolute Gasteiger partial charge is 0.491 e. The highest BCUT2D eigenvalue weighted by Crippen LogP contribution is 2.16. The van der Waals surface area contributed by atoms with E-state index in [1.807, 2.05) is 26.8 Å². The first kappa shape index (κ1) is 13.2. The third-order valence-corrected chi connectivity index (χ3v) is 2.45. The average molecular weight is 256 g/mol. The fraction of sp³-hybridized carbons (Fsp3) is 0.267. The molecule has 0 radical (unpaired) electrons. The van der Waals surface area contributed by atoms with Crippen LogP contribution in [-0.4, -0.2) is 21.9 Å². The van der Waals surface area contributed by atoms with Crippen LogP contribution < -0.4 is 4.74 Å². The highest BCUT2D eigenvalue weighted by molar-refractivity contribution is 6.06. The van der Waals surface area contributed by atoms with E-state index < -0.39 is 0 Å². The summed E-state index contributed by atoms with van der Waals surface area (Å²) in [7, 11) is 0. The summed E-state index contributed by atoms with van der Waals surface area (Å²) in [4.78, 5) is 20.3. The highest BCUT2D eigenvalue weighted by Gasteiger charge is 2.12. The quantitative estimate of drug-likeness (QED) is 0.789. The molecular weight excluding hydrogens is 240 g/mol. The molecule has 1 heterocycles. The molecule has 2 aromatic rings. The Labute approximate surface area is 112 Å². The Balaban J connectivity index is 2.26. The molecule has 19 heavy (non-hydrogen) atoms. The van der Waals surface area contributed by atoms with Gasteiger partial charge in [-0.25, -0.2) is 9.97 Å². The minimum Gasteiger partial charge on any atom is -0.491 e. The van der Waals surface area contributed by atoms with Gasteiger partial charge in [0.2, 0.25) is 11.6 Å². The summed E-state index contributed by atoms with van der Waals surface area (Å²) in [6, 6.07) is 7.07. The van der Waals surface area contributed by atoms with Gasteiger partial charge in [0, 0.05) is 18.0 Å². The fourth-order valence-corrected chi connectivity index (χ4v) is 1.62. The molecule has 0 atom stereocenters. The molecule has 1 aromatic carbocycles. The van der Waals surface area contributed by atoms with Crippen molar-refractivity contribution < 1.29 is 9.53 Å². The summed E-state index contributed by atoms with van der Waals surface area (Å²) >= 11 is 0. The number of carbonyl (C=O) groups is 1. The van der Waals surface area contributed by atoms with Crippen LogP contribution in [0.5, 0.6) is 5.75 Å². The first-order chi connectivity index (χ1) is 9.06. The van der Waals surface area contributed by atoms with Crippen LogP contribution in [0.1, 0.15) is 35.6 Å². The van der Waals surface area contributed by atoms with Gasteiger partial charge in [-0.3, -0.25) is 4.79 Å². The predicted octanol–water partition coefficient (Wildman–Crippen LogP) is 2.80. The van der Waals surface area contributed by atoms with Crippen LogP contribution in [0.25, 0.3) is 0 Å². The third-order valence-electron chi connectivity index (χ3n) is 2.45. The number of nitrogens with zero attached hydrogens (tertiary/aromatic N) is 2. The summed E-state index contributed by atoms with van der Waals surface area (Å²) in [6.45, 7) is 5.76. The summed E-state index contributed by atoms with van der Waals surface area (Å²) in [5.74, 6) is 0.675. The first-order valence-electron chi connectivity index (χ1n) is 6.16. The second-order valence-electron chi connectivity index (χ2n) is 4.61. The van der Waals surface area contributed by atoms with Gasteiger partial charge < -0.3 is 4.74 Å². The second kappa shape index (κ2) is 5.61. The van der Waals surface area contributed by atoms with Crippen molar-refractivity contribution in [1.82, 2.24) is 9.97 Å². The van der Waals surface area contributed by atoms with E-state index in [0.717, 1.165) is 5.56 Å². The Kier molecular flexibility index (Phi) is 3.90. The van der Waals surface area contributed by atoms with Gasteiger partial charge in [0.25, 0.3) is 0 Å². The van der Waals surface area contributed by atoms with Crippen molar-refractivity contribution in [1.29, 1.82) is 0 Å². The zero-order valence-electron chi connectivity index (χ0n) is 11.3. The van der Waals surface area contributed by atoms with E-state index in [0.29, 0.717) is 11.3 Å². The van der Waals surface area contributed by atoms with Crippen molar-refractivity contribution in [3.05, 3.63) is 53.6 Å². The van der Waals surface area contributed by atoms with Crippen LogP contribution in [0.15, 0.2) is 36.7 Å². The van der Waals surface area contributed by atoms with E-state index in [1.165, 1.54) is 0 Å². The molecule has 0 bridgehead atoms. The van der Waals surface area contributed by atoms with Gasteiger partial charge in [-0.1, -0.05) is 12.1 Å². The van der Waals surface area contributed by atoms with E-state index >= 15 is 0 Å². The van der Waals surface area contributed by atoms with Crippen LogP contribution >= 0.6 is 0 Å². The number of rotatable bonds is 4. The van der Waals surface area contributed by atoms with Gasteiger partial charge in [-0.2, -0.15) is 0 Å². The Morgan fingerprint density at radius 1 is 1.21 bits per heavy atom. The predicted molar refractivity (Wildman–Crippen MR) is 72.4 cm³/mol. The van der Waals surface area contributed by atoms with Crippen LogP contribution in [0.2, 0.25) is 0 Å². The van der Waals surface area contributed by atoms with E-state index in [-0.39, 0.29) is 17.7 Å². The molecule has 0 aliphatic carbocycles. The topological polar surface area (TPSA) is 52.1 Å². The molecule has 2 rings (SSSR count). The lowest BCUT2D eigenvalue weighted by Gasteiger charge is -2.10. The average Bonchev–Trinajstić information content (AvgIpc) is 2.38. The lowest BCUT2D eigenvalue weighted by Crippen LogP contribution is -2.09. The lowest BCUT2D eigenvalue weighted by atomic mass is 10.1. The summed E-state index contributed by atoms with van der Waals surface area (Å²) in [6.07, 6.45) is 3.34. The Hall–Kier alpha value is -2.23. The minimum absolute atomic E-state index is 0.0703. The number of carbonyl (C=O) groups excluding carboxylic acids is 1. The van der Waals surface area contributed by atoms with Gasteiger partial charge >= 0.3 is 0 Å². The Morgan fingerprint density at radius 3 is 2.53 bits per heavy atom. The molecule has 0 saturated carbocycles. The monoisotopic (exact) mass is 256 g/mol. The van der Waals surface area contributed by atoms with E-state index in [4.69, 9.17) is 4.74 Å². The molecule has 0 saturated heterocycles. The standard InChI is InChI=1S/C15H16N2O2/c1-10(2)19-13-6-4-5-12(7-13)14(18)15-16-8-11(3)9-17-15/h4-10H,1-3H3. The first-order valence-corrected chi connectivity index (χ1v) is 6.16. The van der Waals surface area contributed by atoms with Crippen molar-refractivity contribution in [3.8, 4) is 5.75 Å². The van der Waals surface area contributed by atoms with Gasteiger partial charge in [-0.05, 0) is 38.5 Å². The number of hydrogen-bond donors (Lipinski definition) is 0. The molecule has 0 amide bonds. The number of ketones is 1. The molecular formula is C15H16N2O2. The summed E-state index contributed by atoms with van der Waals surface area (Å²) in [5, 5.41) is 0. The number of hydrogen-bond acceptors (Lipinski definition) is 4. The molecule has 0 fully saturated rings. The maximum Gasteiger partial charge on any atom is 0.230 e. The Morgan fingerprint density at radius 2 is 1.89 bits per heavy atom. The zero-order chi connectivity index (χ0) is 13.8. The summed E-state index contributed by atoms with van der Waals surface area (Å²) < 4.78 is 5.57. The number of aryl methyl sites for hydroxylation is 1. The molecule has 0 unspecified atom stereocenters. The van der Waals surface area contributed by atoms with Crippen molar-refractivity contribution >= 4 is 5.78 Å². The van der Waals surface area contributed by atoms with Crippen LogP contribution in [0.4, 0.5) is 0 Å². The maximum atomic E-state index is 12.2. The summed E-state index contributed by atoms with van der Waals surface area (Å²) in [5.41, 5.74) is 1.45. The second-order valence-corrected chi connectivity index (χ2v) is 4.61. The molecule has 4 heteroatoms. The fourth-order valence-electron chi connectivity index (χ4n) is 1.62. The van der Waals surface area contributed by atoms with Crippen molar-refractivity contribution in [2.45, 2.75) is 26.9 Å². The van der Waals surface area contributed by atoms with E-state index in [9.17, 15) is 4.79 Å². The third kappa shape index (κ3) is 3.37. The van der Waals surface area contributed by atoms with Crippen molar-refractivity contribution in [2.24, 2.45) is 0 Å². The SMILES string of the molecule is Cc1cnc(C(=O)c2cccc(OC(C)C)c2)nc1. The van der Waals surface area contributed by atoms with Crippen molar-refractivity contribution in [3.63, 3.8) is 0 Å². The highest BCUT2D eigenvalue weighted by atomic mass is 16.5. The van der Waals surface area contributed by atoms with Gasteiger partial charge in [0.05, 0.1) is 6.10 Å². The molecule has 98 valence electrons. The van der Waals surface area contributed by atoms with Gasteiger partial charge in [0.1, 0.15) is 5.75 Å². The maximum absolute atomic E-state index is 12.2. The molecule has 0 aliphatic heterocycles. The van der Waals surface area contributed by atoms with Gasteiger partial charge in [0.15, 0.2) is 0 Å². The normalized spacial score (nSPS) is 10.5. The minimum atomic E-state index is -0.200. The molecule has 0 spiro atoms. The van der Waals surface area contributed by atoms with Crippen LogP contribution in [0, 0.1) is 6.92 Å². The number of benzene rings is 1. The molecule has 4 nitrogen and oxygen atoms in total. The van der Waals surface area contributed by atoms with Crippen LogP contribution in [0.3, 0.4) is 0 Å². The molecule has 0 N–H and O–H groups in total. The lowest BCUT2D eigenvalue weighted by molar-refractivity contribution is 0.102. The zero-order valence-corrected chi connectivity index (χ0v) is 11.3. The van der Waals surface area contributed by atoms with Gasteiger partial charge in [-0.15, -0.1) is 0 Å². The van der Waals surface area contributed by atoms with Crippen LogP contribution in [-0.2, 0) is 0 Å². The molecule has 0 aliphatic rings. The Bertz CT molecular complexity index is 577. The molecule has 1 aromatic heterocycles. The van der Waals surface area contributed by atoms with E-state index in [1.54, 1.807) is 30.6 Å². The number of aromatic nitrogens is 2. The smallest absolute Gasteiger partial charge is 0.230 e.